The van der Waals surface area contributed by atoms with Crippen LogP contribution >= 0.6 is 0 Å². The third-order valence-corrected chi connectivity index (χ3v) is 5.03. The second-order valence-corrected chi connectivity index (χ2v) is 7.02. The number of carbonyl (C=O) groups is 2. The van der Waals surface area contributed by atoms with Crippen LogP contribution in [0.3, 0.4) is 0 Å². The summed E-state index contributed by atoms with van der Waals surface area (Å²) in [6.07, 6.45) is 1.40. The van der Waals surface area contributed by atoms with Gasteiger partial charge in [0.05, 0.1) is 11.6 Å². The van der Waals surface area contributed by atoms with Crippen LogP contribution in [-0.4, -0.2) is 46.5 Å². The number of nitrogens with one attached hydrogen (secondary N) is 1. The summed E-state index contributed by atoms with van der Waals surface area (Å²) in [5.41, 5.74) is 3.14. The highest BCUT2D eigenvalue weighted by molar-refractivity contribution is 5.92. The van der Waals surface area contributed by atoms with Crippen molar-refractivity contribution in [2.75, 3.05) is 19.8 Å². The van der Waals surface area contributed by atoms with E-state index in [4.69, 9.17) is 4.74 Å². The summed E-state index contributed by atoms with van der Waals surface area (Å²) in [7, 11) is 0. The minimum Gasteiger partial charge on any atom is -0.481 e. The molecule has 1 aromatic carbocycles. The van der Waals surface area contributed by atoms with Gasteiger partial charge in [-0.2, -0.15) is 5.10 Å². The van der Waals surface area contributed by atoms with Gasteiger partial charge in [-0.05, 0) is 50.8 Å². The van der Waals surface area contributed by atoms with E-state index in [2.05, 4.69) is 10.4 Å². The SMILES string of the molecule is Cc1ccc(-n2nc(C(=O)NCC(C(=O)O)C3CCOCC3)cc2C)cc1. The van der Waals surface area contributed by atoms with Crippen LogP contribution in [0.15, 0.2) is 30.3 Å². The van der Waals surface area contributed by atoms with E-state index in [-0.39, 0.29) is 24.1 Å². The van der Waals surface area contributed by atoms with Gasteiger partial charge in [-0.25, -0.2) is 4.68 Å². The van der Waals surface area contributed by atoms with E-state index >= 15 is 0 Å². The van der Waals surface area contributed by atoms with Crippen molar-refractivity contribution >= 4 is 11.9 Å². The maximum absolute atomic E-state index is 12.5. The summed E-state index contributed by atoms with van der Waals surface area (Å²) in [6.45, 7) is 5.13. The molecule has 1 amide bonds. The molecule has 3 rings (SSSR count). The Kier molecular flexibility index (Phi) is 5.91. The topological polar surface area (TPSA) is 93.5 Å². The Morgan fingerprint density at radius 2 is 1.93 bits per heavy atom. The fraction of sp³-hybridized carbons (Fsp3) is 0.450. The standard InChI is InChI=1S/C20H25N3O4/c1-13-3-5-16(6-4-13)23-14(2)11-18(22-23)19(24)21-12-17(20(25)26)15-7-9-27-10-8-15/h3-6,11,15,17H,7-10,12H2,1-2H3,(H,21,24)(H,25,26). The first-order valence-electron chi connectivity index (χ1n) is 9.18. The lowest BCUT2D eigenvalue weighted by atomic mass is 9.86. The number of carboxylic acid groups (broad SMARTS) is 1. The van der Waals surface area contributed by atoms with Gasteiger partial charge in [0.2, 0.25) is 0 Å². The number of hydrogen-bond acceptors (Lipinski definition) is 4. The second-order valence-electron chi connectivity index (χ2n) is 7.02. The molecule has 1 aliphatic heterocycles. The minimum atomic E-state index is -0.886. The number of ether oxygens (including phenoxy) is 1. The third-order valence-electron chi connectivity index (χ3n) is 5.03. The summed E-state index contributed by atoms with van der Waals surface area (Å²) >= 11 is 0. The maximum atomic E-state index is 12.5. The first-order chi connectivity index (χ1) is 13.0. The van der Waals surface area contributed by atoms with Gasteiger partial charge in [-0.3, -0.25) is 9.59 Å². The maximum Gasteiger partial charge on any atom is 0.308 e. The van der Waals surface area contributed by atoms with Crippen molar-refractivity contribution in [1.82, 2.24) is 15.1 Å². The Labute approximate surface area is 158 Å². The van der Waals surface area contributed by atoms with E-state index in [0.29, 0.717) is 26.1 Å². The van der Waals surface area contributed by atoms with Crippen LogP contribution in [0, 0.1) is 25.7 Å². The predicted molar refractivity (Wildman–Crippen MR) is 100 cm³/mol. The van der Waals surface area contributed by atoms with Crippen LogP contribution in [0.4, 0.5) is 0 Å². The molecule has 1 aromatic heterocycles. The molecular weight excluding hydrogens is 346 g/mol. The molecule has 7 nitrogen and oxygen atoms in total. The molecule has 27 heavy (non-hydrogen) atoms. The number of carbonyl (C=O) groups excluding carboxylic acids is 1. The van der Waals surface area contributed by atoms with E-state index < -0.39 is 11.9 Å². The average Bonchev–Trinajstić information content (AvgIpc) is 3.05. The second kappa shape index (κ2) is 8.35. The summed E-state index contributed by atoms with van der Waals surface area (Å²) < 4.78 is 7.01. The lowest BCUT2D eigenvalue weighted by Crippen LogP contribution is -2.39. The van der Waals surface area contributed by atoms with Crippen molar-refractivity contribution in [2.24, 2.45) is 11.8 Å². The van der Waals surface area contributed by atoms with Crippen molar-refractivity contribution < 1.29 is 19.4 Å². The Hall–Kier alpha value is -2.67. The average molecular weight is 371 g/mol. The molecule has 0 saturated carbocycles. The van der Waals surface area contributed by atoms with Crippen LogP contribution in [0.25, 0.3) is 5.69 Å². The van der Waals surface area contributed by atoms with Crippen LogP contribution in [0.5, 0.6) is 0 Å². The Morgan fingerprint density at radius 3 is 2.56 bits per heavy atom. The van der Waals surface area contributed by atoms with E-state index in [1.54, 1.807) is 10.7 Å². The fourth-order valence-electron chi connectivity index (χ4n) is 3.40. The number of benzene rings is 1. The molecule has 0 radical (unpaired) electrons. The number of amides is 1. The molecule has 144 valence electrons. The van der Waals surface area contributed by atoms with Crippen LogP contribution in [0.1, 0.15) is 34.6 Å². The van der Waals surface area contributed by atoms with E-state index in [1.165, 1.54) is 0 Å². The zero-order valence-electron chi connectivity index (χ0n) is 15.6. The zero-order chi connectivity index (χ0) is 19.4. The largest absolute Gasteiger partial charge is 0.481 e. The van der Waals surface area contributed by atoms with Gasteiger partial charge in [0.15, 0.2) is 5.69 Å². The van der Waals surface area contributed by atoms with Crippen LogP contribution < -0.4 is 5.32 Å². The highest BCUT2D eigenvalue weighted by Crippen LogP contribution is 2.24. The van der Waals surface area contributed by atoms with E-state index in [9.17, 15) is 14.7 Å². The molecule has 1 aliphatic rings. The molecule has 0 bridgehead atoms. The van der Waals surface area contributed by atoms with Gasteiger partial charge in [0.25, 0.3) is 5.91 Å². The first kappa shape index (κ1) is 19.1. The van der Waals surface area contributed by atoms with Gasteiger partial charge < -0.3 is 15.2 Å². The molecule has 2 heterocycles. The van der Waals surface area contributed by atoms with Crippen LogP contribution in [-0.2, 0) is 9.53 Å². The van der Waals surface area contributed by atoms with E-state index in [1.807, 2.05) is 38.1 Å². The first-order valence-corrected chi connectivity index (χ1v) is 9.18. The quantitative estimate of drug-likeness (QED) is 0.813. The lowest BCUT2D eigenvalue weighted by Gasteiger charge is -2.27. The fourth-order valence-corrected chi connectivity index (χ4v) is 3.40. The minimum absolute atomic E-state index is 0.0170. The molecule has 0 aliphatic carbocycles. The molecule has 2 aromatic rings. The van der Waals surface area contributed by atoms with Crippen molar-refractivity contribution in [2.45, 2.75) is 26.7 Å². The monoisotopic (exact) mass is 371 g/mol. The summed E-state index contributed by atoms with van der Waals surface area (Å²) in [5.74, 6) is -1.84. The number of aromatic nitrogens is 2. The summed E-state index contributed by atoms with van der Waals surface area (Å²) in [4.78, 5) is 24.1. The number of carboxylic acids is 1. The molecule has 1 unspecified atom stereocenters. The molecular formula is C20H25N3O4. The number of rotatable bonds is 6. The molecule has 1 saturated heterocycles. The Bertz CT molecular complexity index is 807. The summed E-state index contributed by atoms with van der Waals surface area (Å²) in [6, 6.07) is 9.58. The molecule has 1 atom stereocenters. The van der Waals surface area contributed by atoms with Gasteiger partial charge in [0, 0.05) is 25.5 Å². The van der Waals surface area contributed by atoms with Gasteiger partial charge in [-0.15, -0.1) is 0 Å². The lowest BCUT2D eigenvalue weighted by molar-refractivity contribution is -0.144. The molecule has 2 N–H and O–H groups in total. The van der Waals surface area contributed by atoms with Crippen molar-refractivity contribution in [1.29, 1.82) is 0 Å². The van der Waals surface area contributed by atoms with Gasteiger partial charge >= 0.3 is 5.97 Å². The zero-order valence-corrected chi connectivity index (χ0v) is 15.6. The van der Waals surface area contributed by atoms with Crippen molar-refractivity contribution in [3.05, 3.63) is 47.3 Å². The van der Waals surface area contributed by atoms with E-state index in [0.717, 1.165) is 16.9 Å². The van der Waals surface area contributed by atoms with Crippen molar-refractivity contribution in [3.63, 3.8) is 0 Å². The number of hydrogen-bond donors (Lipinski definition) is 2. The number of nitrogens with zero attached hydrogens (tertiary/aromatic N) is 2. The van der Waals surface area contributed by atoms with Gasteiger partial charge in [0.1, 0.15) is 0 Å². The highest BCUT2D eigenvalue weighted by Gasteiger charge is 2.30. The third kappa shape index (κ3) is 4.54. The smallest absolute Gasteiger partial charge is 0.308 e. The van der Waals surface area contributed by atoms with Crippen molar-refractivity contribution in [3.8, 4) is 5.69 Å². The highest BCUT2D eigenvalue weighted by atomic mass is 16.5. The molecule has 0 spiro atoms. The molecule has 1 fully saturated rings. The Morgan fingerprint density at radius 1 is 1.26 bits per heavy atom. The summed E-state index contributed by atoms with van der Waals surface area (Å²) in [5, 5.41) is 16.6. The Balaban J connectivity index is 1.68. The number of aliphatic carboxylic acids is 1. The van der Waals surface area contributed by atoms with Crippen LogP contribution in [0.2, 0.25) is 0 Å². The van der Waals surface area contributed by atoms with Gasteiger partial charge in [-0.1, -0.05) is 17.7 Å². The molecule has 7 heteroatoms. The number of aryl methyl sites for hydroxylation is 2. The predicted octanol–water partition coefficient (Wildman–Crippen LogP) is 2.35. The normalized spacial score (nSPS) is 16.1.